The van der Waals surface area contributed by atoms with Gasteiger partial charge in [0.25, 0.3) is 0 Å². The molecule has 1 aliphatic heterocycles. The second-order valence-electron chi connectivity index (χ2n) is 5.23. The van der Waals surface area contributed by atoms with Gasteiger partial charge in [-0.05, 0) is 31.4 Å². The van der Waals surface area contributed by atoms with Crippen molar-refractivity contribution >= 4 is 44.5 Å². The van der Waals surface area contributed by atoms with Crippen molar-refractivity contribution in [3.63, 3.8) is 0 Å². The van der Waals surface area contributed by atoms with Crippen LogP contribution in [0.2, 0.25) is 0 Å². The van der Waals surface area contributed by atoms with Gasteiger partial charge in [-0.25, -0.2) is 4.98 Å². The van der Waals surface area contributed by atoms with Gasteiger partial charge in [0.1, 0.15) is 0 Å². The van der Waals surface area contributed by atoms with Gasteiger partial charge in [0, 0.05) is 17.4 Å². The molecule has 0 bridgehead atoms. The van der Waals surface area contributed by atoms with Crippen molar-refractivity contribution in [3.05, 3.63) is 24.3 Å². The zero-order chi connectivity index (χ0) is 14.5. The van der Waals surface area contributed by atoms with Crippen molar-refractivity contribution in [2.24, 2.45) is 0 Å². The molecule has 6 heteroatoms. The van der Waals surface area contributed by atoms with Crippen LogP contribution in [0.4, 0.5) is 5.95 Å². The molecule has 21 heavy (non-hydrogen) atoms. The number of amides is 1. The standard InChI is InChI=1S/C15H19N3OS2/c19-14(8-4-1-5-11-9-10-20-21-11)18-15-16-12-6-2-3-7-13(12)17-15/h2-3,6-7,11H,1,4-5,8-10H2,(H2,16,17,18,19). The number of benzene rings is 1. The average molecular weight is 321 g/mol. The summed E-state index contributed by atoms with van der Waals surface area (Å²) in [5.74, 6) is 1.87. The fourth-order valence-electron chi connectivity index (χ4n) is 2.43. The van der Waals surface area contributed by atoms with Crippen molar-refractivity contribution < 1.29 is 4.79 Å². The third-order valence-electron chi connectivity index (χ3n) is 3.55. The zero-order valence-electron chi connectivity index (χ0n) is 11.8. The number of hydrogen-bond acceptors (Lipinski definition) is 4. The minimum absolute atomic E-state index is 0.0440. The molecule has 112 valence electrons. The van der Waals surface area contributed by atoms with Crippen LogP contribution in [0, 0.1) is 0 Å². The molecule has 0 spiro atoms. The van der Waals surface area contributed by atoms with E-state index in [4.69, 9.17) is 0 Å². The maximum atomic E-state index is 11.9. The van der Waals surface area contributed by atoms with Crippen molar-refractivity contribution in [2.45, 2.75) is 37.4 Å². The highest BCUT2D eigenvalue weighted by molar-refractivity contribution is 8.77. The van der Waals surface area contributed by atoms with Gasteiger partial charge in [0.05, 0.1) is 11.0 Å². The van der Waals surface area contributed by atoms with Crippen molar-refractivity contribution in [1.82, 2.24) is 9.97 Å². The Morgan fingerprint density at radius 1 is 1.38 bits per heavy atom. The number of nitrogens with one attached hydrogen (secondary N) is 2. The van der Waals surface area contributed by atoms with Gasteiger partial charge in [-0.3, -0.25) is 10.1 Å². The third-order valence-corrected chi connectivity index (χ3v) is 6.56. The molecular weight excluding hydrogens is 302 g/mol. The lowest BCUT2D eigenvalue weighted by molar-refractivity contribution is -0.116. The van der Waals surface area contributed by atoms with Gasteiger partial charge in [-0.15, -0.1) is 0 Å². The molecule has 0 radical (unpaired) electrons. The SMILES string of the molecule is O=C(CCCCC1CCSS1)Nc1nc2ccccc2[nH]1. The first-order chi connectivity index (χ1) is 10.3. The predicted molar refractivity (Wildman–Crippen MR) is 91.6 cm³/mol. The van der Waals surface area contributed by atoms with Gasteiger partial charge >= 0.3 is 0 Å². The van der Waals surface area contributed by atoms with E-state index >= 15 is 0 Å². The number of aromatic nitrogens is 2. The highest BCUT2D eigenvalue weighted by Gasteiger charge is 2.16. The number of unbranched alkanes of at least 4 members (excludes halogenated alkanes) is 1. The van der Waals surface area contributed by atoms with Crippen LogP contribution in [0.15, 0.2) is 24.3 Å². The summed E-state index contributed by atoms with van der Waals surface area (Å²) < 4.78 is 0. The largest absolute Gasteiger partial charge is 0.324 e. The van der Waals surface area contributed by atoms with E-state index in [1.807, 2.05) is 45.9 Å². The number of fused-ring (bicyclic) bond motifs is 1. The molecule has 0 aliphatic carbocycles. The first-order valence-electron chi connectivity index (χ1n) is 7.34. The first kappa shape index (κ1) is 14.8. The molecule has 3 rings (SSSR count). The highest BCUT2D eigenvalue weighted by Crippen LogP contribution is 2.39. The molecule has 1 fully saturated rings. The number of rotatable bonds is 6. The second kappa shape index (κ2) is 7.22. The van der Waals surface area contributed by atoms with Crippen molar-refractivity contribution in [3.8, 4) is 0 Å². The summed E-state index contributed by atoms with van der Waals surface area (Å²) >= 11 is 0. The lowest BCUT2D eigenvalue weighted by Gasteiger charge is -2.06. The summed E-state index contributed by atoms with van der Waals surface area (Å²) in [5.41, 5.74) is 1.83. The topological polar surface area (TPSA) is 57.8 Å². The number of imidazole rings is 1. The summed E-state index contributed by atoms with van der Waals surface area (Å²) in [4.78, 5) is 19.4. The number of para-hydroxylation sites is 2. The van der Waals surface area contributed by atoms with Crippen LogP contribution in [-0.4, -0.2) is 26.9 Å². The van der Waals surface area contributed by atoms with E-state index in [9.17, 15) is 4.79 Å². The van der Waals surface area contributed by atoms with E-state index < -0.39 is 0 Å². The molecule has 1 saturated heterocycles. The van der Waals surface area contributed by atoms with Crippen LogP contribution in [0.1, 0.15) is 32.1 Å². The maximum Gasteiger partial charge on any atom is 0.226 e. The molecule has 1 aromatic heterocycles. The summed E-state index contributed by atoms with van der Waals surface area (Å²) in [6.45, 7) is 0. The Morgan fingerprint density at radius 2 is 2.29 bits per heavy atom. The van der Waals surface area contributed by atoms with Crippen LogP contribution in [0.25, 0.3) is 11.0 Å². The number of anilines is 1. The van der Waals surface area contributed by atoms with Crippen LogP contribution >= 0.6 is 21.6 Å². The Kier molecular flexibility index (Phi) is 5.08. The Hall–Kier alpha value is -1.14. The summed E-state index contributed by atoms with van der Waals surface area (Å²) in [7, 11) is 3.98. The minimum Gasteiger partial charge on any atom is -0.324 e. The van der Waals surface area contributed by atoms with E-state index in [0.717, 1.165) is 29.1 Å². The number of hydrogen-bond donors (Lipinski definition) is 2. The molecule has 1 aliphatic rings. The molecule has 1 unspecified atom stereocenters. The predicted octanol–water partition coefficient (Wildman–Crippen LogP) is 4.22. The number of aromatic amines is 1. The summed E-state index contributed by atoms with van der Waals surface area (Å²) in [6.07, 6.45) is 5.21. The van der Waals surface area contributed by atoms with Crippen LogP contribution in [0.3, 0.4) is 0 Å². The number of carbonyl (C=O) groups is 1. The second-order valence-corrected chi connectivity index (χ2v) is 8.01. The van der Waals surface area contributed by atoms with Crippen LogP contribution in [-0.2, 0) is 4.79 Å². The Balaban J connectivity index is 1.41. The molecule has 4 nitrogen and oxygen atoms in total. The number of nitrogens with zero attached hydrogens (tertiary/aromatic N) is 1. The smallest absolute Gasteiger partial charge is 0.226 e. The Labute approximate surface area is 132 Å². The van der Waals surface area contributed by atoms with E-state index in [-0.39, 0.29) is 5.91 Å². The summed E-state index contributed by atoms with van der Waals surface area (Å²) in [6, 6.07) is 7.77. The van der Waals surface area contributed by atoms with Crippen molar-refractivity contribution in [1.29, 1.82) is 0 Å². The molecule has 0 saturated carbocycles. The van der Waals surface area contributed by atoms with Crippen molar-refractivity contribution in [2.75, 3.05) is 11.1 Å². The van der Waals surface area contributed by atoms with Gasteiger partial charge in [0.15, 0.2) is 0 Å². The van der Waals surface area contributed by atoms with E-state index in [1.54, 1.807) is 0 Å². The molecule has 1 atom stereocenters. The Bertz CT molecular complexity index is 575. The number of carbonyl (C=O) groups excluding carboxylic acids is 1. The maximum absolute atomic E-state index is 11.9. The molecule has 1 aromatic carbocycles. The van der Waals surface area contributed by atoms with E-state index in [2.05, 4.69) is 15.3 Å². The average Bonchev–Trinajstić information content (AvgIpc) is 3.12. The normalized spacial score (nSPS) is 18.2. The first-order valence-corrected chi connectivity index (χ1v) is 9.72. The van der Waals surface area contributed by atoms with Gasteiger partial charge < -0.3 is 4.98 Å². The lowest BCUT2D eigenvalue weighted by atomic mass is 10.1. The molecule has 2 aromatic rings. The quantitative estimate of drug-likeness (QED) is 0.618. The molecular formula is C15H19N3OS2. The lowest BCUT2D eigenvalue weighted by Crippen LogP contribution is -2.12. The molecule has 2 N–H and O–H groups in total. The third kappa shape index (κ3) is 4.17. The van der Waals surface area contributed by atoms with Gasteiger partial charge in [0.2, 0.25) is 11.9 Å². The summed E-state index contributed by atoms with van der Waals surface area (Å²) in [5, 5.41) is 3.64. The highest BCUT2D eigenvalue weighted by atomic mass is 33.1. The number of H-pyrrole nitrogens is 1. The molecule has 2 heterocycles. The van der Waals surface area contributed by atoms with E-state index in [1.165, 1.54) is 18.6 Å². The molecule has 1 amide bonds. The van der Waals surface area contributed by atoms with Crippen LogP contribution in [0.5, 0.6) is 0 Å². The monoisotopic (exact) mass is 321 g/mol. The Morgan fingerprint density at radius 3 is 3.10 bits per heavy atom. The zero-order valence-corrected chi connectivity index (χ0v) is 13.4. The fourth-order valence-corrected chi connectivity index (χ4v) is 5.46. The van der Waals surface area contributed by atoms with E-state index in [0.29, 0.717) is 12.4 Å². The van der Waals surface area contributed by atoms with Gasteiger partial charge in [-0.1, -0.05) is 40.1 Å². The van der Waals surface area contributed by atoms with Crippen LogP contribution < -0.4 is 5.32 Å². The minimum atomic E-state index is 0.0440. The fraction of sp³-hybridized carbons (Fsp3) is 0.467. The van der Waals surface area contributed by atoms with Gasteiger partial charge in [-0.2, -0.15) is 0 Å².